The number of carbonyl (C=O) groups is 1. The molecule has 2 aromatic rings. The molecule has 0 radical (unpaired) electrons. The lowest BCUT2D eigenvalue weighted by Crippen LogP contribution is -2.03. The van der Waals surface area contributed by atoms with Gasteiger partial charge in [0.25, 0.3) is 0 Å². The van der Waals surface area contributed by atoms with E-state index in [1.165, 1.54) is 18.2 Å². The highest BCUT2D eigenvalue weighted by atomic mass is 16.3. The van der Waals surface area contributed by atoms with E-state index in [-0.39, 0.29) is 22.3 Å². The lowest BCUT2D eigenvalue weighted by atomic mass is 10.1. The van der Waals surface area contributed by atoms with Gasteiger partial charge in [-0.3, -0.25) is 9.59 Å². The molecule has 0 spiro atoms. The molecule has 2 rings (SSSR count). The third-order valence-electron chi connectivity index (χ3n) is 2.43. The van der Waals surface area contributed by atoms with Gasteiger partial charge in [0.1, 0.15) is 11.5 Å². The molecule has 1 heterocycles. The predicted octanol–water partition coefficient (Wildman–Crippen LogP) is 1.87. The highest BCUT2D eigenvalue weighted by Gasteiger charge is 2.11. The van der Waals surface area contributed by atoms with Crippen molar-refractivity contribution in [2.24, 2.45) is 0 Å². The van der Waals surface area contributed by atoms with Gasteiger partial charge in [0, 0.05) is 12.5 Å². The highest BCUT2D eigenvalue weighted by molar-refractivity contribution is 5.97. The predicted molar refractivity (Wildman–Crippen MR) is 58.9 cm³/mol. The van der Waals surface area contributed by atoms with Crippen LogP contribution in [0.1, 0.15) is 23.0 Å². The van der Waals surface area contributed by atoms with E-state index >= 15 is 0 Å². The van der Waals surface area contributed by atoms with Gasteiger partial charge < -0.3 is 9.52 Å². The molecule has 1 N–H and O–H groups in total. The summed E-state index contributed by atoms with van der Waals surface area (Å²) in [6, 6.07) is 4.16. The van der Waals surface area contributed by atoms with Crippen molar-refractivity contribution in [2.45, 2.75) is 13.3 Å². The fourth-order valence-corrected chi connectivity index (χ4v) is 1.57. The maximum Gasteiger partial charge on any atom is 0.192 e. The number of phenols is 1. The molecule has 0 saturated heterocycles. The molecule has 0 bridgehead atoms. The number of carbonyl (C=O) groups excluding carboxylic acids is 1. The SMILES string of the molecule is CCc1cc(=O)c2ccc(O)c(C=O)c2o1. The molecule has 0 saturated carbocycles. The van der Waals surface area contributed by atoms with Crippen LogP contribution in [0.25, 0.3) is 11.0 Å². The Morgan fingerprint density at radius 2 is 2.19 bits per heavy atom. The van der Waals surface area contributed by atoms with E-state index in [1.807, 2.05) is 6.92 Å². The first-order chi connectivity index (χ1) is 7.67. The number of aldehydes is 1. The molecule has 0 aliphatic rings. The zero-order valence-electron chi connectivity index (χ0n) is 8.69. The van der Waals surface area contributed by atoms with Gasteiger partial charge in [-0.2, -0.15) is 0 Å². The maximum absolute atomic E-state index is 11.7. The van der Waals surface area contributed by atoms with E-state index < -0.39 is 0 Å². The lowest BCUT2D eigenvalue weighted by molar-refractivity contribution is 0.112. The molecule has 1 aromatic heterocycles. The number of rotatable bonds is 2. The van der Waals surface area contributed by atoms with Crippen LogP contribution in [0.4, 0.5) is 0 Å². The quantitative estimate of drug-likeness (QED) is 0.781. The summed E-state index contributed by atoms with van der Waals surface area (Å²) in [5, 5.41) is 9.77. The van der Waals surface area contributed by atoms with Crippen LogP contribution in [0.5, 0.6) is 5.75 Å². The highest BCUT2D eigenvalue weighted by Crippen LogP contribution is 2.24. The third kappa shape index (κ3) is 1.48. The van der Waals surface area contributed by atoms with Crippen LogP contribution in [0, 0.1) is 0 Å². The number of phenolic OH excluding ortho intramolecular Hbond substituents is 1. The Kier molecular flexibility index (Phi) is 2.48. The normalized spacial score (nSPS) is 10.6. The average molecular weight is 218 g/mol. The van der Waals surface area contributed by atoms with Crippen LogP contribution in [0.3, 0.4) is 0 Å². The summed E-state index contributed by atoms with van der Waals surface area (Å²) in [4.78, 5) is 22.5. The fourth-order valence-electron chi connectivity index (χ4n) is 1.57. The van der Waals surface area contributed by atoms with Gasteiger partial charge >= 0.3 is 0 Å². The van der Waals surface area contributed by atoms with Crippen LogP contribution in [-0.2, 0) is 6.42 Å². The summed E-state index contributed by atoms with van der Waals surface area (Å²) in [6.45, 7) is 1.84. The second-order valence-corrected chi connectivity index (χ2v) is 3.42. The number of fused-ring (bicyclic) bond motifs is 1. The topological polar surface area (TPSA) is 67.5 Å². The lowest BCUT2D eigenvalue weighted by Gasteiger charge is -2.04. The van der Waals surface area contributed by atoms with Gasteiger partial charge in [0.2, 0.25) is 0 Å². The Morgan fingerprint density at radius 1 is 1.44 bits per heavy atom. The summed E-state index contributed by atoms with van der Waals surface area (Å²) >= 11 is 0. The van der Waals surface area contributed by atoms with Gasteiger partial charge in [-0.15, -0.1) is 0 Å². The first-order valence-electron chi connectivity index (χ1n) is 4.91. The van der Waals surface area contributed by atoms with Crippen LogP contribution < -0.4 is 5.43 Å². The number of aryl methyl sites for hydroxylation is 1. The van der Waals surface area contributed by atoms with Crippen molar-refractivity contribution in [3.05, 3.63) is 39.7 Å². The first kappa shape index (κ1) is 10.4. The second-order valence-electron chi connectivity index (χ2n) is 3.42. The van der Waals surface area contributed by atoms with Crippen molar-refractivity contribution in [1.29, 1.82) is 0 Å². The molecule has 1 aromatic carbocycles. The van der Waals surface area contributed by atoms with E-state index in [0.717, 1.165) is 0 Å². The second kappa shape index (κ2) is 3.81. The van der Waals surface area contributed by atoms with E-state index in [0.29, 0.717) is 23.9 Å². The molecule has 0 aliphatic carbocycles. The standard InChI is InChI=1S/C12H10O4/c1-2-7-5-11(15)8-3-4-10(14)9(6-13)12(8)16-7/h3-6,14H,2H2,1H3. The summed E-state index contributed by atoms with van der Waals surface area (Å²) in [5.74, 6) is 0.310. The van der Waals surface area contributed by atoms with E-state index in [1.54, 1.807) is 0 Å². The van der Waals surface area contributed by atoms with E-state index in [2.05, 4.69) is 0 Å². The molecular formula is C12H10O4. The minimum atomic E-state index is -0.207. The van der Waals surface area contributed by atoms with Crippen molar-refractivity contribution in [1.82, 2.24) is 0 Å². The Labute approximate surface area is 91.1 Å². The molecule has 0 unspecified atom stereocenters. The van der Waals surface area contributed by atoms with Crippen molar-refractivity contribution in [3.63, 3.8) is 0 Å². The van der Waals surface area contributed by atoms with Crippen molar-refractivity contribution >= 4 is 17.3 Å². The van der Waals surface area contributed by atoms with Gasteiger partial charge in [-0.1, -0.05) is 6.92 Å². The molecule has 0 amide bonds. The summed E-state index contributed by atoms with van der Waals surface area (Å²) < 4.78 is 5.40. The Balaban J connectivity index is 2.96. The van der Waals surface area contributed by atoms with Crippen molar-refractivity contribution < 1.29 is 14.3 Å². The van der Waals surface area contributed by atoms with Crippen LogP contribution in [0.15, 0.2) is 27.4 Å². The number of hydrogen-bond acceptors (Lipinski definition) is 4. The summed E-state index contributed by atoms with van der Waals surface area (Å²) in [7, 11) is 0. The van der Waals surface area contributed by atoms with Crippen LogP contribution in [0.2, 0.25) is 0 Å². The van der Waals surface area contributed by atoms with Gasteiger partial charge in [-0.25, -0.2) is 0 Å². The third-order valence-corrected chi connectivity index (χ3v) is 2.43. The van der Waals surface area contributed by atoms with Crippen LogP contribution in [-0.4, -0.2) is 11.4 Å². The molecule has 0 atom stereocenters. The molecule has 4 nitrogen and oxygen atoms in total. The fraction of sp³-hybridized carbons (Fsp3) is 0.167. The molecular weight excluding hydrogens is 208 g/mol. The zero-order chi connectivity index (χ0) is 11.7. The van der Waals surface area contributed by atoms with Crippen molar-refractivity contribution in [2.75, 3.05) is 0 Å². The number of benzene rings is 1. The minimum Gasteiger partial charge on any atom is -0.507 e. The molecule has 0 aliphatic heterocycles. The molecule has 0 fully saturated rings. The maximum atomic E-state index is 11.7. The number of aromatic hydroxyl groups is 1. The van der Waals surface area contributed by atoms with Gasteiger partial charge in [-0.05, 0) is 12.1 Å². The molecule has 4 heteroatoms. The average Bonchev–Trinajstić information content (AvgIpc) is 2.28. The Bertz CT molecular complexity index is 610. The largest absolute Gasteiger partial charge is 0.507 e. The van der Waals surface area contributed by atoms with E-state index in [9.17, 15) is 14.7 Å². The molecule has 16 heavy (non-hydrogen) atoms. The smallest absolute Gasteiger partial charge is 0.192 e. The summed E-state index contributed by atoms with van der Waals surface area (Å²) in [6.07, 6.45) is 1.04. The summed E-state index contributed by atoms with van der Waals surface area (Å²) in [5.41, 5.74) is -0.0366. The van der Waals surface area contributed by atoms with Gasteiger partial charge in [0.05, 0.1) is 10.9 Å². The first-order valence-corrected chi connectivity index (χ1v) is 4.91. The van der Waals surface area contributed by atoms with E-state index in [4.69, 9.17) is 4.42 Å². The Hall–Kier alpha value is -2.10. The van der Waals surface area contributed by atoms with Crippen LogP contribution >= 0.6 is 0 Å². The minimum absolute atomic E-state index is 0.0184. The molecule has 82 valence electrons. The van der Waals surface area contributed by atoms with Crippen molar-refractivity contribution in [3.8, 4) is 5.75 Å². The number of hydrogen-bond donors (Lipinski definition) is 1. The Morgan fingerprint density at radius 3 is 2.81 bits per heavy atom. The monoisotopic (exact) mass is 218 g/mol. The van der Waals surface area contributed by atoms with Gasteiger partial charge in [0.15, 0.2) is 17.3 Å². The zero-order valence-corrected chi connectivity index (χ0v) is 8.69.